The van der Waals surface area contributed by atoms with Gasteiger partial charge in [0, 0.05) is 45.2 Å². The number of halogens is 3. The largest absolute Gasteiger partial charge is 0.511 e. The summed E-state index contributed by atoms with van der Waals surface area (Å²) in [7, 11) is -3.70. The van der Waals surface area contributed by atoms with E-state index in [4.69, 9.17) is 0 Å². The van der Waals surface area contributed by atoms with Crippen molar-refractivity contribution >= 4 is 21.9 Å². The molecule has 0 bridgehead atoms. The molecule has 0 aromatic rings. The van der Waals surface area contributed by atoms with E-state index in [-0.39, 0.29) is 37.9 Å². The Morgan fingerprint density at radius 2 is 1.70 bits per heavy atom. The highest BCUT2D eigenvalue weighted by atomic mass is 32.2. The van der Waals surface area contributed by atoms with E-state index in [2.05, 4.69) is 20.9 Å². The molecule has 1 aliphatic carbocycles. The first kappa shape index (κ1) is 21.7. The molecule has 0 unspecified atom stereocenters. The zero-order chi connectivity index (χ0) is 20.1. The summed E-state index contributed by atoms with van der Waals surface area (Å²) in [6.07, 6.45) is 3.63. The highest BCUT2D eigenvalue weighted by Crippen LogP contribution is 2.28. The number of nitrogens with one attached hydrogen (secondary N) is 3. The van der Waals surface area contributed by atoms with Crippen molar-refractivity contribution < 1.29 is 26.4 Å². The Hall–Kier alpha value is -1.56. The van der Waals surface area contributed by atoms with Gasteiger partial charge in [-0.2, -0.15) is 17.5 Å². The third-order valence-electron chi connectivity index (χ3n) is 4.47. The molecule has 0 radical (unpaired) electrons. The number of alkyl halides is 3. The van der Waals surface area contributed by atoms with E-state index >= 15 is 0 Å². The quantitative estimate of drug-likeness (QED) is 0.321. The molecule has 156 valence electrons. The molecule has 3 N–H and O–H groups in total. The highest BCUT2D eigenvalue weighted by Gasteiger charge is 2.50. The second-order valence-electron chi connectivity index (χ2n) is 6.71. The minimum atomic E-state index is -5.27. The number of nitrogens with zero attached hydrogens (tertiary/aromatic N) is 2. The number of hydrogen-bond donors (Lipinski definition) is 3. The SMILES string of the molecule is CN=C(NCCCC(=O)NC1CC1)NC1CCN(S(=O)(=O)C(F)(F)F)CC1. The molecule has 0 aromatic heterocycles. The average Bonchev–Trinajstić information content (AvgIpc) is 3.41. The lowest BCUT2D eigenvalue weighted by Crippen LogP contribution is -2.51. The van der Waals surface area contributed by atoms with E-state index in [1.807, 2.05) is 0 Å². The Labute approximate surface area is 157 Å². The Morgan fingerprint density at radius 1 is 1.11 bits per heavy atom. The van der Waals surface area contributed by atoms with Crippen LogP contribution in [0.25, 0.3) is 0 Å². The second-order valence-corrected chi connectivity index (χ2v) is 8.64. The van der Waals surface area contributed by atoms with Gasteiger partial charge in [-0.05, 0) is 32.1 Å². The first-order valence-electron chi connectivity index (χ1n) is 8.96. The number of guanidine groups is 1. The molecule has 1 aliphatic heterocycles. The van der Waals surface area contributed by atoms with Crippen LogP contribution in [0.1, 0.15) is 38.5 Å². The van der Waals surface area contributed by atoms with Crippen LogP contribution in [0.3, 0.4) is 0 Å². The molecule has 1 saturated heterocycles. The van der Waals surface area contributed by atoms with Crippen LogP contribution in [0.4, 0.5) is 13.2 Å². The summed E-state index contributed by atoms with van der Waals surface area (Å²) in [5.41, 5.74) is -5.27. The van der Waals surface area contributed by atoms with E-state index in [1.165, 1.54) is 0 Å². The van der Waals surface area contributed by atoms with Gasteiger partial charge < -0.3 is 16.0 Å². The van der Waals surface area contributed by atoms with Crippen molar-refractivity contribution in [3.8, 4) is 0 Å². The van der Waals surface area contributed by atoms with Gasteiger partial charge in [0.05, 0.1) is 0 Å². The fourth-order valence-electron chi connectivity index (χ4n) is 2.76. The van der Waals surface area contributed by atoms with Gasteiger partial charge in [0.15, 0.2) is 5.96 Å². The zero-order valence-electron chi connectivity index (χ0n) is 15.2. The Morgan fingerprint density at radius 3 is 2.22 bits per heavy atom. The van der Waals surface area contributed by atoms with Crippen molar-refractivity contribution in [2.24, 2.45) is 4.99 Å². The minimum Gasteiger partial charge on any atom is -0.356 e. The number of carbonyl (C=O) groups excluding carboxylic acids is 1. The van der Waals surface area contributed by atoms with Gasteiger partial charge in [0.2, 0.25) is 5.91 Å². The molecular formula is C15H26F3N5O3S. The summed E-state index contributed by atoms with van der Waals surface area (Å²) in [5.74, 6) is 0.509. The average molecular weight is 413 g/mol. The minimum absolute atomic E-state index is 0.0282. The van der Waals surface area contributed by atoms with Crippen molar-refractivity contribution in [2.45, 2.75) is 56.1 Å². The summed E-state index contributed by atoms with van der Waals surface area (Å²) in [6.45, 7) is 0.134. The van der Waals surface area contributed by atoms with Gasteiger partial charge >= 0.3 is 15.5 Å². The van der Waals surface area contributed by atoms with Gasteiger partial charge in [-0.3, -0.25) is 9.79 Å². The molecule has 2 aliphatic rings. The van der Waals surface area contributed by atoms with E-state index in [0.717, 1.165) is 12.8 Å². The summed E-state index contributed by atoms with van der Waals surface area (Å²) in [6, 6.07) is 0.168. The molecular weight excluding hydrogens is 387 g/mol. The van der Waals surface area contributed by atoms with Crippen molar-refractivity contribution in [3.05, 3.63) is 0 Å². The fraction of sp³-hybridized carbons (Fsp3) is 0.867. The number of piperidine rings is 1. The lowest BCUT2D eigenvalue weighted by molar-refractivity contribution is -0.121. The number of sulfonamides is 1. The maximum absolute atomic E-state index is 12.6. The van der Waals surface area contributed by atoms with Gasteiger partial charge in [-0.25, -0.2) is 8.42 Å². The highest BCUT2D eigenvalue weighted by molar-refractivity contribution is 7.90. The molecule has 0 atom stereocenters. The van der Waals surface area contributed by atoms with Crippen LogP contribution in [0.5, 0.6) is 0 Å². The Kier molecular flexibility index (Phi) is 7.32. The van der Waals surface area contributed by atoms with E-state index in [1.54, 1.807) is 7.05 Å². The van der Waals surface area contributed by atoms with Crippen LogP contribution < -0.4 is 16.0 Å². The molecule has 2 fully saturated rings. The Bertz CT molecular complexity index is 642. The van der Waals surface area contributed by atoms with Gasteiger partial charge in [0.25, 0.3) is 0 Å². The topological polar surface area (TPSA) is 103 Å². The van der Waals surface area contributed by atoms with Gasteiger partial charge in [-0.1, -0.05) is 0 Å². The second kappa shape index (κ2) is 9.09. The lowest BCUT2D eigenvalue weighted by atomic mass is 10.1. The summed E-state index contributed by atoms with van der Waals surface area (Å²) in [5, 5.41) is 9.04. The Balaban J connectivity index is 1.67. The van der Waals surface area contributed by atoms with Crippen molar-refractivity contribution in [1.29, 1.82) is 0 Å². The number of rotatable bonds is 7. The number of amides is 1. The third kappa shape index (κ3) is 6.52. The zero-order valence-corrected chi connectivity index (χ0v) is 16.0. The van der Waals surface area contributed by atoms with Gasteiger partial charge in [0.1, 0.15) is 0 Å². The first-order chi connectivity index (χ1) is 12.6. The number of carbonyl (C=O) groups is 1. The monoisotopic (exact) mass is 413 g/mol. The molecule has 2 rings (SSSR count). The van der Waals surface area contributed by atoms with Crippen LogP contribution in [0.2, 0.25) is 0 Å². The molecule has 8 nitrogen and oxygen atoms in total. The van der Waals surface area contributed by atoms with Gasteiger partial charge in [-0.15, -0.1) is 0 Å². The molecule has 27 heavy (non-hydrogen) atoms. The van der Waals surface area contributed by atoms with Crippen LogP contribution in [-0.2, 0) is 14.8 Å². The van der Waals surface area contributed by atoms with E-state index in [9.17, 15) is 26.4 Å². The smallest absolute Gasteiger partial charge is 0.356 e. The maximum Gasteiger partial charge on any atom is 0.511 e. The summed E-state index contributed by atoms with van der Waals surface area (Å²) < 4.78 is 61.0. The number of hydrogen-bond acceptors (Lipinski definition) is 4. The van der Waals surface area contributed by atoms with Crippen molar-refractivity contribution in [3.63, 3.8) is 0 Å². The van der Waals surface area contributed by atoms with Crippen molar-refractivity contribution in [1.82, 2.24) is 20.3 Å². The van der Waals surface area contributed by atoms with Crippen LogP contribution in [0.15, 0.2) is 4.99 Å². The van der Waals surface area contributed by atoms with Crippen LogP contribution >= 0.6 is 0 Å². The van der Waals surface area contributed by atoms with Crippen LogP contribution in [0, 0.1) is 0 Å². The predicted octanol–water partition coefficient (Wildman–Crippen LogP) is 0.524. The molecule has 12 heteroatoms. The maximum atomic E-state index is 12.6. The molecule has 0 aromatic carbocycles. The van der Waals surface area contributed by atoms with Crippen LogP contribution in [-0.4, -0.2) is 68.9 Å². The normalized spacial score (nSPS) is 20.4. The van der Waals surface area contributed by atoms with E-state index in [0.29, 0.717) is 35.7 Å². The molecule has 1 amide bonds. The van der Waals surface area contributed by atoms with E-state index < -0.39 is 15.5 Å². The van der Waals surface area contributed by atoms with Crippen molar-refractivity contribution in [2.75, 3.05) is 26.7 Å². The summed E-state index contributed by atoms with van der Waals surface area (Å²) in [4.78, 5) is 15.6. The standard InChI is InChI=1S/C15H26F3N5O3S/c1-19-14(20-8-2-3-13(24)21-11-4-5-11)22-12-6-9-23(10-7-12)27(25,26)15(16,17)18/h11-12H,2-10H2,1H3,(H,21,24)(H2,19,20,22). The fourth-order valence-corrected chi connectivity index (χ4v) is 3.74. The first-order valence-corrected chi connectivity index (χ1v) is 10.4. The molecule has 1 saturated carbocycles. The summed E-state index contributed by atoms with van der Waals surface area (Å²) >= 11 is 0. The molecule has 0 spiro atoms. The lowest BCUT2D eigenvalue weighted by Gasteiger charge is -2.32. The third-order valence-corrected chi connectivity index (χ3v) is 6.10. The number of aliphatic imine (C=N–C) groups is 1. The predicted molar refractivity (Wildman–Crippen MR) is 94.5 cm³/mol. The molecule has 1 heterocycles.